The number of nitrogens with one attached hydrogen (secondary N) is 1. The quantitative estimate of drug-likeness (QED) is 0.422. The zero-order valence-electron chi connectivity index (χ0n) is 16.2. The molecule has 1 N–H and O–H groups in total. The molecule has 0 radical (unpaired) electrons. The second kappa shape index (κ2) is 11.5. The summed E-state index contributed by atoms with van der Waals surface area (Å²) >= 11 is 3.39. The second-order valence-corrected chi connectivity index (χ2v) is 7.49. The Hall–Kier alpha value is -2.34. The van der Waals surface area contributed by atoms with Gasteiger partial charge in [-0.2, -0.15) is 0 Å². The average Bonchev–Trinajstić information content (AvgIpc) is 2.67. The van der Waals surface area contributed by atoms with Gasteiger partial charge >= 0.3 is 5.97 Å². The molecular weight excluding hydrogens is 422 g/mol. The monoisotopic (exact) mass is 447 g/mol. The summed E-state index contributed by atoms with van der Waals surface area (Å²) in [6, 6.07) is 15.0. The number of ether oxygens (including phenoxy) is 2. The zero-order valence-corrected chi connectivity index (χ0v) is 17.8. The average molecular weight is 448 g/mol. The van der Waals surface area contributed by atoms with Gasteiger partial charge in [0.2, 0.25) is 5.91 Å². The molecule has 0 aliphatic rings. The minimum atomic E-state index is -0.406. The maximum Gasteiger partial charge on any atom is 0.307 e. The molecule has 2 rings (SSSR count). The Morgan fingerprint density at radius 1 is 1.11 bits per heavy atom. The summed E-state index contributed by atoms with van der Waals surface area (Å²) in [5.41, 5.74) is 2.02. The Morgan fingerprint density at radius 2 is 1.86 bits per heavy atom. The molecule has 0 aliphatic carbocycles. The number of aryl methyl sites for hydroxylation is 1. The number of carbonyl (C=O) groups excluding carboxylic acids is 2. The highest BCUT2D eigenvalue weighted by Crippen LogP contribution is 2.20. The van der Waals surface area contributed by atoms with Gasteiger partial charge in [0.1, 0.15) is 5.75 Å². The molecule has 0 heterocycles. The minimum absolute atomic E-state index is 0.0904. The number of methoxy groups -OCH3 is 1. The highest BCUT2D eigenvalue weighted by Gasteiger charge is 2.18. The van der Waals surface area contributed by atoms with Gasteiger partial charge < -0.3 is 14.8 Å². The second-order valence-electron chi connectivity index (χ2n) is 6.57. The first-order valence-corrected chi connectivity index (χ1v) is 10.1. The van der Waals surface area contributed by atoms with Crippen molar-refractivity contribution in [2.24, 2.45) is 0 Å². The van der Waals surface area contributed by atoms with Gasteiger partial charge in [-0.15, -0.1) is 0 Å². The Balaban J connectivity index is 1.78. The molecule has 2 aromatic carbocycles. The van der Waals surface area contributed by atoms with Gasteiger partial charge in [0, 0.05) is 10.9 Å². The summed E-state index contributed by atoms with van der Waals surface area (Å²) in [5, 5.41) is 2.94. The van der Waals surface area contributed by atoms with Crippen LogP contribution in [0.15, 0.2) is 53.0 Å². The number of amides is 1. The molecule has 0 spiro atoms. The van der Waals surface area contributed by atoms with Gasteiger partial charge in [-0.25, -0.2) is 0 Å². The fourth-order valence-corrected chi connectivity index (χ4v) is 3.01. The maximum absolute atomic E-state index is 12.3. The van der Waals surface area contributed by atoms with Crippen molar-refractivity contribution >= 4 is 27.8 Å². The number of hydrogen-bond acceptors (Lipinski definition) is 4. The number of rotatable bonds is 10. The predicted molar refractivity (Wildman–Crippen MR) is 112 cm³/mol. The van der Waals surface area contributed by atoms with Crippen LogP contribution in [0.5, 0.6) is 5.75 Å². The van der Waals surface area contributed by atoms with Crippen LogP contribution in [0.2, 0.25) is 0 Å². The highest BCUT2D eigenvalue weighted by molar-refractivity contribution is 9.10. The molecule has 0 bridgehead atoms. The number of carbonyl (C=O) groups is 2. The van der Waals surface area contributed by atoms with E-state index < -0.39 is 6.04 Å². The van der Waals surface area contributed by atoms with Gasteiger partial charge in [-0.1, -0.05) is 40.2 Å². The van der Waals surface area contributed by atoms with Crippen molar-refractivity contribution in [3.05, 3.63) is 64.1 Å². The van der Waals surface area contributed by atoms with E-state index in [9.17, 15) is 9.59 Å². The van der Waals surface area contributed by atoms with E-state index >= 15 is 0 Å². The first-order chi connectivity index (χ1) is 13.5. The fraction of sp³-hybridized carbons (Fsp3) is 0.364. The van der Waals surface area contributed by atoms with Crippen LogP contribution in [-0.2, 0) is 14.3 Å². The van der Waals surface area contributed by atoms with Crippen molar-refractivity contribution in [3.63, 3.8) is 0 Å². The van der Waals surface area contributed by atoms with Crippen LogP contribution >= 0.6 is 15.9 Å². The van der Waals surface area contributed by atoms with E-state index in [1.54, 1.807) is 0 Å². The van der Waals surface area contributed by atoms with Crippen LogP contribution in [0.4, 0.5) is 0 Å². The van der Waals surface area contributed by atoms with Crippen molar-refractivity contribution in [1.82, 2.24) is 5.32 Å². The molecule has 0 aliphatic heterocycles. The molecular formula is C22H26BrNO4. The van der Waals surface area contributed by atoms with Gasteiger partial charge in [0.15, 0.2) is 0 Å². The lowest BCUT2D eigenvalue weighted by atomic mass is 10.0. The SMILES string of the molecule is COC(=O)CC(NC(=O)CCCCOc1cccc(C)c1)c1ccc(Br)cc1. The van der Waals surface area contributed by atoms with Crippen molar-refractivity contribution in [3.8, 4) is 5.75 Å². The normalized spacial score (nSPS) is 11.5. The summed E-state index contributed by atoms with van der Waals surface area (Å²) in [6.07, 6.45) is 1.97. The van der Waals surface area contributed by atoms with Crippen molar-refractivity contribution in [2.75, 3.05) is 13.7 Å². The Bertz CT molecular complexity index is 776. The van der Waals surface area contributed by atoms with Crippen LogP contribution in [0, 0.1) is 6.92 Å². The molecule has 28 heavy (non-hydrogen) atoms. The van der Waals surface area contributed by atoms with E-state index in [1.807, 2.05) is 55.5 Å². The molecule has 5 nitrogen and oxygen atoms in total. The first kappa shape index (κ1) is 22.0. The Morgan fingerprint density at radius 3 is 2.54 bits per heavy atom. The number of benzene rings is 2. The number of hydrogen-bond donors (Lipinski definition) is 1. The van der Waals surface area contributed by atoms with Gasteiger partial charge in [-0.05, 0) is 55.2 Å². The third-order valence-corrected chi connectivity index (χ3v) is 4.79. The molecule has 150 valence electrons. The van der Waals surface area contributed by atoms with Gasteiger partial charge in [-0.3, -0.25) is 9.59 Å². The van der Waals surface area contributed by atoms with E-state index in [1.165, 1.54) is 7.11 Å². The Labute approximate surface area is 174 Å². The van der Waals surface area contributed by atoms with Gasteiger partial charge in [0.25, 0.3) is 0 Å². The van der Waals surface area contributed by atoms with Crippen molar-refractivity contribution < 1.29 is 19.1 Å². The molecule has 0 saturated carbocycles. The molecule has 1 atom stereocenters. The highest BCUT2D eigenvalue weighted by atomic mass is 79.9. The molecule has 0 aromatic heterocycles. The van der Waals surface area contributed by atoms with Crippen LogP contribution in [0.1, 0.15) is 42.9 Å². The topological polar surface area (TPSA) is 64.6 Å². The summed E-state index contributed by atoms with van der Waals surface area (Å²) in [7, 11) is 1.34. The molecule has 2 aromatic rings. The zero-order chi connectivity index (χ0) is 20.4. The summed E-state index contributed by atoms with van der Waals surface area (Å²) in [6.45, 7) is 2.59. The van der Waals surface area contributed by atoms with E-state index in [2.05, 4.69) is 21.2 Å². The standard InChI is InChI=1S/C22H26BrNO4/c1-16-6-5-7-19(14-16)28-13-4-3-8-21(25)24-20(15-22(26)27-2)17-9-11-18(23)12-10-17/h5-7,9-12,14,20H,3-4,8,13,15H2,1-2H3,(H,24,25). The van der Waals surface area contributed by atoms with Crippen molar-refractivity contribution in [1.29, 1.82) is 0 Å². The third-order valence-electron chi connectivity index (χ3n) is 4.26. The summed E-state index contributed by atoms with van der Waals surface area (Å²) < 4.78 is 11.4. The Kier molecular flexibility index (Phi) is 9.01. The van der Waals surface area contributed by atoms with E-state index in [-0.39, 0.29) is 18.3 Å². The number of halogens is 1. The largest absolute Gasteiger partial charge is 0.494 e. The maximum atomic E-state index is 12.3. The van der Waals surface area contributed by atoms with Crippen LogP contribution < -0.4 is 10.1 Å². The molecule has 1 unspecified atom stereocenters. The number of esters is 1. The minimum Gasteiger partial charge on any atom is -0.494 e. The fourth-order valence-electron chi connectivity index (χ4n) is 2.75. The molecule has 0 fully saturated rings. The molecule has 6 heteroatoms. The van der Waals surface area contributed by atoms with E-state index in [0.29, 0.717) is 19.4 Å². The smallest absolute Gasteiger partial charge is 0.307 e. The predicted octanol–water partition coefficient (Wildman–Crippen LogP) is 4.73. The first-order valence-electron chi connectivity index (χ1n) is 9.29. The van der Waals surface area contributed by atoms with Gasteiger partial charge in [0.05, 0.1) is 26.2 Å². The summed E-state index contributed by atoms with van der Waals surface area (Å²) in [4.78, 5) is 24.0. The van der Waals surface area contributed by atoms with Crippen LogP contribution in [0.25, 0.3) is 0 Å². The van der Waals surface area contributed by atoms with E-state index in [4.69, 9.17) is 9.47 Å². The van der Waals surface area contributed by atoms with Crippen LogP contribution in [-0.4, -0.2) is 25.6 Å². The van der Waals surface area contributed by atoms with Crippen molar-refractivity contribution in [2.45, 2.75) is 38.6 Å². The number of unbranched alkanes of at least 4 members (excludes halogenated alkanes) is 1. The lowest BCUT2D eigenvalue weighted by molar-refractivity contribution is -0.141. The molecule has 0 saturated heterocycles. The lowest BCUT2D eigenvalue weighted by Crippen LogP contribution is -2.30. The van der Waals surface area contributed by atoms with Crippen LogP contribution in [0.3, 0.4) is 0 Å². The molecule has 1 amide bonds. The summed E-state index contributed by atoms with van der Waals surface area (Å²) in [5.74, 6) is 0.394. The lowest BCUT2D eigenvalue weighted by Gasteiger charge is -2.18. The third kappa shape index (κ3) is 7.72. The van der Waals surface area contributed by atoms with E-state index in [0.717, 1.165) is 27.8 Å².